The fourth-order valence-electron chi connectivity index (χ4n) is 4.59. The predicted molar refractivity (Wildman–Crippen MR) is 121 cm³/mol. The topological polar surface area (TPSA) is 3.24 Å². The van der Waals surface area contributed by atoms with Crippen LogP contribution in [0.3, 0.4) is 0 Å². The first-order valence-electron chi connectivity index (χ1n) is 9.73. The zero-order valence-corrected chi connectivity index (χ0v) is 17.7. The SMILES string of the molecule is Cc1cc(C)c(B(c2c(C)cc(C)cc2C)N(C)c2ccccc2)c(C)c1. The summed E-state index contributed by atoms with van der Waals surface area (Å²) in [7, 11) is 2.22. The lowest BCUT2D eigenvalue weighted by Crippen LogP contribution is -2.58. The molecule has 0 saturated heterocycles. The third-order valence-electron chi connectivity index (χ3n) is 5.57. The molecule has 3 aromatic rings. The van der Waals surface area contributed by atoms with E-state index in [1.807, 2.05) is 0 Å². The van der Waals surface area contributed by atoms with E-state index < -0.39 is 0 Å². The van der Waals surface area contributed by atoms with Gasteiger partial charge in [-0.3, -0.25) is 0 Å². The van der Waals surface area contributed by atoms with Crippen molar-refractivity contribution in [1.29, 1.82) is 0 Å². The van der Waals surface area contributed by atoms with Gasteiger partial charge in [-0.15, -0.1) is 0 Å². The minimum Gasteiger partial charge on any atom is -0.410 e. The monoisotopic (exact) mass is 355 g/mol. The number of benzene rings is 3. The fraction of sp³-hybridized carbons (Fsp3) is 0.280. The lowest BCUT2D eigenvalue weighted by molar-refractivity contribution is 1.27. The second-order valence-electron chi connectivity index (χ2n) is 7.97. The molecule has 0 aliphatic rings. The van der Waals surface area contributed by atoms with Crippen LogP contribution >= 0.6 is 0 Å². The molecule has 0 N–H and O–H groups in total. The van der Waals surface area contributed by atoms with Crippen molar-refractivity contribution < 1.29 is 0 Å². The molecule has 0 heterocycles. The molecule has 0 radical (unpaired) electrons. The van der Waals surface area contributed by atoms with E-state index in [9.17, 15) is 0 Å². The number of nitrogens with zero attached hydrogens (tertiary/aromatic N) is 1. The van der Waals surface area contributed by atoms with Crippen LogP contribution in [0, 0.1) is 41.5 Å². The molecule has 0 bridgehead atoms. The highest BCUT2D eigenvalue weighted by Gasteiger charge is 2.31. The lowest BCUT2D eigenvalue weighted by atomic mass is 9.45. The molecule has 0 amide bonds. The Labute approximate surface area is 165 Å². The van der Waals surface area contributed by atoms with Crippen LogP contribution in [-0.2, 0) is 0 Å². The summed E-state index contributed by atoms with van der Waals surface area (Å²) < 4.78 is 0. The van der Waals surface area contributed by atoms with Crippen molar-refractivity contribution in [3.63, 3.8) is 0 Å². The first kappa shape index (κ1) is 19.3. The Hall–Kier alpha value is -2.48. The van der Waals surface area contributed by atoms with E-state index in [0.717, 1.165) is 0 Å². The average Bonchev–Trinajstić information content (AvgIpc) is 2.59. The van der Waals surface area contributed by atoms with Crippen molar-refractivity contribution >= 4 is 23.5 Å². The molecule has 138 valence electrons. The Morgan fingerprint density at radius 3 is 1.33 bits per heavy atom. The van der Waals surface area contributed by atoms with Crippen molar-refractivity contribution in [2.75, 3.05) is 11.9 Å². The van der Waals surface area contributed by atoms with Gasteiger partial charge in [0.15, 0.2) is 0 Å². The summed E-state index contributed by atoms with van der Waals surface area (Å²) in [6.45, 7) is 13.6. The normalized spacial score (nSPS) is 10.8. The van der Waals surface area contributed by atoms with Crippen LogP contribution in [0.1, 0.15) is 33.4 Å². The van der Waals surface area contributed by atoms with Crippen LogP contribution in [-0.4, -0.2) is 13.9 Å². The molecule has 3 aromatic carbocycles. The molecule has 0 saturated carbocycles. The molecule has 0 spiro atoms. The molecule has 27 heavy (non-hydrogen) atoms. The first-order chi connectivity index (χ1) is 12.8. The first-order valence-corrected chi connectivity index (χ1v) is 9.73. The van der Waals surface area contributed by atoms with Crippen LogP contribution in [0.25, 0.3) is 0 Å². The number of rotatable bonds is 4. The molecular weight excluding hydrogens is 325 g/mol. The van der Waals surface area contributed by atoms with Gasteiger partial charge >= 0.3 is 6.85 Å². The maximum absolute atomic E-state index is 2.43. The van der Waals surface area contributed by atoms with E-state index >= 15 is 0 Å². The maximum Gasteiger partial charge on any atom is 0.324 e. The summed E-state index contributed by atoms with van der Waals surface area (Å²) in [4.78, 5) is 2.43. The number of hydrogen-bond donors (Lipinski definition) is 0. The lowest BCUT2D eigenvalue weighted by Gasteiger charge is -2.32. The summed E-state index contributed by atoms with van der Waals surface area (Å²) >= 11 is 0. The highest BCUT2D eigenvalue weighted by molar-refractivity contribution is 6.89. The van der Waals surface area contributed by atoms with Gasteiger partial charge < -0.3 is 4.81 Å². The van der Waals surface area contributed by atoms with Crippen LogP contribution in [0.2, 0.25) is 0 Å². The predicted octanol–water partition coefficient (Wildman–Crippen LogP) is 4.78. The summed E-state index contributed by atoms with van der Waals surface area (Å²) in [5, 5.41) is 0. The molecular formula is C25H30BN. The number of anilines is 1. The number of hydrogen-bond acceptors (Lipinski definition) is 1. The zero-order chi connectivity index (χ0) is 19.7. The smallest absolute Gasteiger partial charge is 0.324 e. The van der Waals surface area contributed by atoms with Gasteiger partial charge in [-0.2, -0.15) is 0 Å². The Morgan fingerprint density at radius 2 is 0.963 bits per heavy atom. The molecule has 0 unspecified atom stereocenters. The van der Waals surface area contributed by atoms with Crippen LogP contribution < -0.4 is 15.7 Å². The molecule has 0 aliphatic carbocycles. The third-order valence-corrected chi connectivity index (χ3v) is 5.57. The van der Waals surface area contributed by atoms with E-state index in [0.29, 0.717) is 0 Å². The fourth-order valence-corrected chi connectivity index (χ4v) is 4.59. The number of para-hydroxylation sites is 1. The van der Waals surface area contributed by atoms with Gasteiger partial charge in [-0.05, 0) is 71.6 Å². The van der Waals surface area contributed by atoms with E-state index in [2.05, 4.69) is 108 Å². The molecule has 0 aliphatic heterocycles. The molecule has 0 fully saturated rings. The molecule has 3 rings (SSSR count). The van der Waals surface area contributed by atoms with Gasteiger partial charge in [0.2, 0.25) is 0 Å². The van der Waals surface area contributed by atoms with E-state index in [4.69, 9.17) is 0 Å². The standard InChI is InChI=1S/C25H30BN/c1-17-13-19(3)24(20(4)14-17)26(27(7)23-11-9-8-10-12-23)25-21(5)15-18(2)16-22(25)6/h8-16H,1-7H3. The number of aryl methyl sites for hydroxylation is 6. The van der Waals surface area contributed by atoms with Crippen molar-refractivity contribution in [1.82, 2.24) is 0 Å². The molecule has 2 heteroatoms. The van der Waals surface area contributed by atoms with Crippen molar-refractivity contribution in [3.8, 4) is 0 Å². The second-order valence-corrected chi connectivity index (χ2v) is 7.97. The van der Waals surface area contributed by atoms with E-state index in [1.165, 1.54) is 50.0 Å². The Bertz CT molecular complexity index is 856. The van der Waals surface area contributed by atoms with Gasteiger partial charge in [0.05, 0.1) is 0 Å². The van der Waals surface area contributed by atoms with Gasteiger partial charge in [0.1, 0.15) is 0 Å². The Balaban J connectivity index is 2.29. The highest BCUT2D eigenvalue weighted by atomic mass is 15.0. The van der Waals surface area contributed by atoms with Crippen LogP contribution in [0.5, 0.6) is 0 Å². The maximum atomic E-state index is 2.43. The van der Waals surface area contributed by atoms with Gasteiger partial charge in [0.25, 0.3) is 0 Å². The minimum atomic E-state index is 0.189. The Kier molecular flexibility index (Phi) is 5.46. The van der Waals surface area contributed by atoms with Crippen LogP contribution in [0.15, 0.2) is 54.6 Å². The molecule has 0 atom stereocenters. The molecule has 1 nitrogen and oxygen atoms in total. The summed E-state index contributed by atoms with van der Waals surface area (Å²) in [6, 6.07) is 20.0. The highest BCUT2D eigenvalue weighted by Crippen LogP contribution is 2.18. The van der Waals surface area contributed by atoms with Gasteiger partial charge in [0, 0.05) is 5.69 Å². The van der Waals surface area contributed by atoms with Gasteiger partial charge in [-0.25, -0.2) is 0 Å². The summed E-state index contributed by atoms with van der Waals surface area (Å²) in [5.41, 5.74) is 12.2. The zero-order valence-electron chi connectivity index (χ0n) is 17.7. The van der Waals surface area contributed by atoms with Crippen molar-refractivity contribution in [2.24, 2.45) is 0 Å². The quantitative estimate of drug-likeness (QED) is 0.609. The third kappa shape index (κ3) is 3.80. The minimum absolute atomic E-state index is 0.189. The summed E-state index contributed by atoms with van der Waals surface area (Å²) in [6.07, 6.45) is 0. The Morgan fingerprint density at radius 1 is 0.593 bits per heavy atom. The second kappa shape index (κ2) is 7.64. The largest absolute Gasteiger partial charge is 0.410 e. The molecule has 0 aromatic heterocycles. The van der Waals surface area contributed by atoms with E-state index in [1.54, 1.807) is 0 Å². The van der Waals surface area contributed by atoms with Gasteiger partial charge in [-0.1, -0.05) is 75.8 Å². The van der Waals surface area contributed by atoms with Crippen molar-refractivity contribution in [3.05, 3.63) is 88.0 Å². The average molecular weight is 355 g/mol. The summed E-state index contributed by atoms with van der Waals surface area (Å²) in [5.74, 6) is 0. The van der Waals surface area contributed by atoms with E-state index in [-0.39, 0.29) is 6.85 Å². The van der Waals surface area contributed by atoms with Crippen molar-refractivity contribution in [2.45, 2.75) is 41.5 Å². The van der Waals surface area contributed by atoms with Crippen LogP contribution in [0.4, 0.5) is 5.69 Å².